The van der Waals surface area contributed by atoms with Gasteiger partial charge in [0, 0.05) is 36.0 Å². The molecule has 0 saturated carbocycles. The van der Waals surface area contributed by atoms with Gasteiger partial charge in [0.25, 0.3) is 5.69 Å². The molecule has 0 unspecified atom stereocenters. The number of anilines is 1. The summed E-state index contributed by atoms with van der Waals surface area (Å²) in [6.07, 6.45) is 2.86. The quantitative estimate of drug-likeness (QED) is 0.255. The summed E-state index contributed by atoms with van der Waals surface area (Å²) in [6, 6.07) is 10.8. The van der Waals surface area contributed by atoms with Gasteiger partial charge in [-0.1, -0.05) is 35.2 Å². The van der Waals surface area contributed by atoms with E-state index < -0.39 is 39.6 Å². The maximum atomic E-state index is 13.8. The van der Waals surface area contributed by atoms with E-state index in [9.17, 15) is 33.7 Å². The van der Waals surface area contributed by atoms with E-state index in [1.165, 1.54) is 53.1 Å². The van der Waals surface area contributed by atoms with Gasteiger partial charge in [-0.15, -0.1) is 0 Å². The minimum absolute atomic E-state index is 0.167. The molecule has 2 fully saturated rings. The zero-order valence-corrected chi connectivity index (χ0v) is 22.7. The van der Waals surface area contributed by atoms with E-state index in [4.69, 9.17) is 0 Å². The SMILES string of the molecule is O=C(Cn1c2c(sc1=O)[C@@H](c1ccc(F)cc1)[C@H]1C(=O)N(c3ccc([N+](=O)[O-])cc3)C(=O)[C@H]1S2)N1CCCCC1. The van der Waals surface area contributed by atoms with Crippen molar-refractivity contribution in [1.82, 2.24) is 9.47 Å². The number of non-ortho nitro benzene ring substituents is 1. The highest BCUT2D eigenvalue weighted by atomic mass is 32.2. The summed E-state index contributed by atoms with van der Waals surface area (Å²) in [5.74, 6) is -3.28. The molecule has 40 heavy (non-hydrogen) atoms. The zero-order chi connectivity index (χ0) is 28.1. The fourth-order valence-corrected chi connectivity index (χ4v) is 8.41. The Bertz CT molecular complexity index is 1580. The molecule has 0 bridgehead atoms. The number of halogens is 1. The van der Waals surface area contributed by atoms with Gasteiger partial charge >= 0.3 is 4.87 Å². The summed E-state index contributed by atoms with van der Waals surface area (Å²) in [7, 11) is 0. The smallest absolute Gasteiger partial charge is 0.308 e. The highest BCUT2D eigenvalue weighted by molar-refractivity contribution is 8.00. The minimum Gasteiger partial charge on any atom is -0.341 e. The van der Waals surface area contributed by atoms with E-state index in [2.05, 4.69) is 0 Å². The Hall–Kier alpha value is -3.84. The van der Waals surface area contributed by atoms with Crippen LogP contribution in [-0.4, -0.2) is 50.5 Å². The number of thiazole rings is 1. The number of nitro benzene ring substituents is 1. The van der Waals surface area contributed by atoms with Crippen LogP contribution in [0.5, 0.6) is 0 Å². The molecule has 6 rings (SSSR count). The number of fused-ring (bicyclic) bond motifs is 2. The number of amides is 3. The Balaban J connectivity index is 1.41. The normalized spacial score (nSPS) is 22.3. The second-order valence-corrected chi connectivity index (χ2v) is 12.1. The molecule has 2 aromatic carbocycles. The molecule has 10 nitrogen and oxygen atoms in total. The summed E-state index contributed by atoms with van der Waals surface area (Å²) >= 11 is 2.02. The average molecular weight is 583 g/mol. The van der Waals surface area contributed by atoms with Gasteiger partial charge in [0.05, 0.1) is 21.6 Å². The molecular weight excluding hydrogens is 559 g/mol. The summed E-state index contributed by atoms with van der Waals surface area (Å²) < 4.78 is 15.2. The third-order valence-corrected chi connectivity index (χ3v) is 10.2. The van der Waals surface area contributed by atoms with Crippen molar-refractivity contribution in [1.29, 1.82) is 0 Å². The first-order chi connectivity index (χ1) is 19.2. The second-order valence-electron chi connectivity index (χ2n) is 9.94. The Morgan fingerprint density at radius 2 is 1.65 bits per heavy atom. The number of aromatic nitrogens is 1. The fraction of sp³-hybridized carbons (Fsp3) is 0.333. The number of nitro groups is 1. The first-order valence-corrected chi connectivity index (χ1v) is 14.5. The molecule has 4 heterocycles. The third-order valence-electron chi connectivity index (χ3n) is 7.60. The third kappa shape index (κ3) is 4.42. The summed E-state index contributed by atoms with van der Waals surface area (Å²) in [6.45, 7) is 1.10. The molecule has 206 valence electrons. The topological polar surface area (TPSA) is 123 Å². The molecule has 3 atom stereocenters. The summed E-state index contributed by atoms with van der Waals surface area (Å²) in [4.78, 5) is 67.4. The van der Waals surface area contributed by atoms with Crippen molar-refractivity contribution >= 4 is 52.2 Å². The van der Waals surface area contributed by atoms with E-state index >= 15 is 0 Å². The van der Waals surface area contributed by atoms with Gasteiger partial charge in [-0.3, -0.25) is 33.9 Å². The Morgan fingerprint density at radius 3 is 2.30 bits per heavy atom. The first-order valence-electron chi connectivity index (χ1n) is 12.8. The number of likely N-dealkylation sites (tertiary alicyclic amines) is 1. The van der Waals surface area contributed by atoms with Crippen molar-refractivity contribution in [2.45, 2.75) is 42.0 Å². The summed E-state index contributed by atoms with van der Waals surface area (Å²) in [5.41, 5.74) is 0.596. The Morgan fingerprint density at radius 1 is 0.975 bits per heavy atom. The van der Waals surface area contributed by atoms with Crippen LogP contribution in [0.4, 0.5) is 15.8 Å². The molecule has 13 heteroatoms. The molecular formula is C27H23FN4O6S2. The predicted octanol–water partition coefficient (Wildman–Crippen LogP) is 3.77. The van der Waals surface area contributed by atoms with Crippen LogP contribution in [-0.2, 0) is 20.9 Å². The highest BCUT2D eigenvalue weighted by Gasteiger charge is 2.56. The van der Waals surface area contributed by atoms with E-state index in [0.717, 1.165) is 47.3 Å². The van der Waals surface area contributed by atoms with Crippen molar-refractivity contribution in [2.75, 3.05) is 18.0 Å². The van der Waals surface area contributed by atoms with E-state index in [1.807, 2.05) is 0 Å². The van der Waals surface area contributed by atoms with Gasteiger partial charge in [0.15, 0.2) is 0 Å². The molecule has 3 aromatic rings. The number of carbonyl (C=O) groups is 3. The van der Waals surface area contributed by atoms with Crippen LogP contribution in [0.1, 0.15) is 35.6 Å². The lowest BCUT2D eigenvalue weighted by Gasteiger charge is -2.31. The maximum absolute atomic E-state index is 13.8. The Labute approximate surface area is 235 Å². The average Bonchev–Trinajstić information content (AvgIpc) is 3.40. The fourth-order valence-electron chi connectivity index (χ4n) is 5.64. The second kappa shape index (κ2) is 10.3. The molecule has 1 aromatic heterocycles. The van der Waals surface area contributed by atoms with Gasteiger partial charge in [-0.2, -0.15) is 0 Å². The van der Waals surface area contributed by atoms with Gasteiger partial charge < -0.3 is 4.90 Å². The van der Waals surface area contributed by atoms with Crippen LogP contribution in [0.25, 0.3) is 0 Å². The number of thioether (sulfide) groups is 1. The molecule has 2 saturated heterocycles. The van der Waals surface area contributed by atoms with E-state index in [0.29, 0.717) is 28.6 Å². The van der Waals surface area contributed by atoms with E-state index in [-0.39, 0.29) is 28.7 Å². The predicted molar refractivity (Wildman–Crippen MR) is 146 cm³/mol. The van der Waals surface area contributed by atoms with Crippen molar-refractivity contribution in [3.63, 3.8) is 0 Å². The number of rotatable bonds is 5. The number of piperidine rings is 1. The molecule has 0 radical (unpaired) electrons. The van der Waals surface area contributed by atoms with Crippen molar-refractivity contribution in [2.24, 2.45) is 5.92 Å². The van der Waals surface area contributed by atoms with Crippen LogP contribution in [0.2, 0.25) is 0 Å². The van der Waals surface area contributed by atoms with Crippen molar-refractivity contribution in [3.05, 3.63) is 84.6 Å². The number of benzene rings is 2. The number of hydrogen-bond acceptors (Lipinski definition) is 8. The van der Waals surface area contributed by atoms with Gasteiger partial charge in [-0.05, 0) is 49.1 Å². The minimum atomic E-state index is -0.907. The van der Waals surface area contributed by atoms with Crippen molar-refractivity contribution in [3.8, 4) is 0 Å². The lowest BCUT2D eigenvalue weighted by atomic mass is 9.83. The highest BCUT2D eigenvalue weighted by Crippen LogP contribution is 2.53. The molecule has 3 amide bonds. The number of nitrogens with zero attached hydrogens (tertiary/aromatic N) is 4. The lowest BCUT2D eigenvalue weighted by molar-refractivity contribution is -0.384. The van der Waals surface area contributed by atoms with Gasteiger partial charge in [0.1, 0.15) is 17.6 Å². The molecule has 0 spiro atoms. The standard InChI is InChI=1S/C27H23FN4O6S2/c28-16-6-4-15(5-7-16)20-21-22(25(35)31(24(21)34)17-8-10-18(11-9-17)32(37)38)39-26-23(20)40-27(36)30(26)14-19(33)29-12-2-1-3-13-29/h4-11,20-22H,1-3,12-14H2/t20-,21+,22-/m0/s1. The van der Waals surface area contributed by atoms with Crippen molar-refractivity contribution < 1.29 is 23.7 Å². The van der Waals surface area contributed by atoms with Crippen LogP contribution in [0.15, 0.2) is 58.4 Å². The molecule has 3 aliphatic heterocycles. The molecule has 0 aliphatic carbocycles. The van der Waals surface area contributed by atoms with Gasteiger partial charge in [0.2, 0.25) is 17.7 Å². The van der Waals surface area contributed by atoms with E-state index in [1.54, 1.807) is 4.90 Å². The van der Waals surface area contributed by atoms with Crippen LogP contribution >= 0.6 is 23.1 Å². The van der Waals surface area contributed by atoms with Gasteiger partial charge in [-0.25, -0.2) is 9.29 Å². The number of hydrogen-bond donors (Lipinski definition) is 0. The van der Waals surface area contributed by atoms with Crippen LogP contribution in [0.3, 0.4) is 0 Å². The maximum Gasteiger partial charge on any atom is 0.308 e. The largest absolute Gasteiger partial charge is 0.341 e. The zero-order valence-electron chi connectivity index (χ0n) is 21.0. The first kappa shape index (κ1) is 26.4. The number of imide groups is 1. The number of carbonyl (C=O) groups excluding carboxylic acids is 3. The van der Waals surface area contributed by atoms with Crippen LogP contribution < -0.4 is 9.77 Å². The molecule has 0 N–H and O–H groups in total. The monoisotopic (exact) mass is 582 g/mol. The summed E-state index contributed by atoms with van der Waals surface area (Å²) in [5, 5.41) is 10.7. The van der Waals surface area contributed by atoms with Crippen LogP contribution in [0, 0.1) is 21.8 Å². The molecule has 3 aliphatic rings. The lowest BCUT2D eigenvalue weighted by Crippen LogP contribution is -2.39. The Kier molecular flexibility index (Phi) is 6.78.